The second kappa shape index (κ2) is 5.35. The Labute approximate surface area is 105 Å². The summed E-state index contributed by atoms with van der Waals surface area (Å²) in [6.07, 6.45) is 3.75. The minimum Gasteiger partial charge on any atom is -0.398 e. The van der Waals surface area contributed by atoms with Crippen LogP contribution in [-0.2, 0) is 11.2 Å². The lowest BCUT2D eigenvalue weighted by molar-refractivity contribution is -0.121. The van der Waals surface area contributed by atoms with Gasteiger partial charge in [0.1, 0.15) is 0 Å². The van der Waals surface area contributed by atoms with Crippen LogP contribution in [0.2, 0.25) is 0 Å². The molecule has 0 saturated heterocycles. The fraction of sp³-hybridized carbons (Fsp3) is 0.231. The van der Waals surface area contributed by atoms with E-state index in [0.717, 1.165) is 11.1 Å². The standard InChI is InChI=1S/C13H16N4O/c1-9(11-7-15-16-8-11)17-13(18)6-10-4-2-3-5-12(10)14/h2-5,7-9H,6,14H2,1H3,(H,15,16)(H,17,18). The molecule has 2 rings (SSSR count). The van der Waals surface area contributed by atoms with Crippen molar-refractivity contribution in [3.63, 3.8) is 0 Å². The summed E-state index contributed by atoms with van der Waals surface area (Å²) in [6, 6.07) is 7.31. The first kappa shape index (κ1) is 12.2. The highest BCUT2D eigenvalue weighted by Gasteiger charge is 2.11. The molecule has 0 aliphatic carbocycles. The van der Waals surface area contributed by atoms with Crippen LogP contribution < -0.4 is 11.1 Å². The third-order valence-corrected chi connectivity index (χ3v) is 2.80. The number of carbonyl (C=O) groups is 1. The molecule has 0 bridgehead atoms. The molecule has 4 N–H and O–H groups in total. The lowest BCUT2D eigenvalue weighted by Crippen LogP contribution is -2.28. The molecule has 0 radical (unpaired) electrons. The molecule has 0 aliphatic heterocycles. The molecule has 5 nitrogen and oxygen atoms in total. The molecular weight excluding hydrogens is 228 g/mol. The van der Waals surface area contributed by atoms with Crippen LogP contribution in [0.3, 0.4) is 0 Å². The average Bonchev–Trinajstić information content (AvgIpc) is 2.85. The van der Waals surface area contributed by atoms with E-state index in [0.29, 0.717) is 5.69 Å². The topological polar surface area (TPSA) is 83.8 Å². The van der Waals surface area contributed by atoms with Crippen molar-refractivity contribution >= 4 is 11.6 Å². The molecule has 1 aromatic heterocycles. The van der Waals surface area contributed by atoms with Crippen LogP contribution in [0, 0.1) is 0 Å². The molecular formula is C13H16N4O. The van der Waals surface area contributed by atoms with Crippen LogP contribution in [0.15, 0.2) is 36.7 Å². The summed E-state index contributed by atoms with van der Waals surface area (Å²) < 4.78 is 0. The van der Waals surface area contributed by atoms with Crippen molar-refractivity contribution in [3.8, 4) is 0 Å². The summed E-state index contributed by atoms with van der Waals surface area (Å²) in [5.41, 5.74) is 8.23. The molecule has 5 heteroatoms. The van der Waals surface area contributed by atoms with Gasteiger partial charge in [0.25, 0.3) is 0 Å². The summed E-state index contributed by atoms with van der Waals surface area (Å²) in [5.74, 6) is -0.0541. The Hall–Kier alpha value is -2.30. The molecule has 0 fully saturated rings. The zero-order chi connectivity index (χ0) is 13.0. The van der Waals surface area contributed by atoms with E-state index in [1.54, 1.807) is 18.5 Å². The Bertz CT molecular complexity index is 522. The highest BCUT2D eigenvalue weighted by atomic mass is 16.1. The molecule has 1 unspecified atom stereocenters. The Morgan fingerprint density at radius 1 is 1.50 bits per heavy atom. The number of nitrogens with zero attached hydrogens (tertiary/aromatic N) is 1. The average molecular weight is 244 g/mol. The van der Waals surface area contributed by atoms with Crippen molar-refractivity contribution in [2.45, 2.75) is 19.4 Å². The van der Waals surface area contributed by atoms with Crippen LogP contribution in [0.5, 0.6) is 0 Å². The number of anilines is 1. The predicted octanol–water partition coefficient (Wildman–Crippen LogP) is 1.41. The number of para-hydroxylation sites is 1. The number of carbonyl (C=O) groups excluding carboxylic acids is 1. The van der Waals surface area contributed by atoms with E-state index < -0.39 is 0 Å². The molecule has 94 valence electrons. The number of hydrogen-bond acceptors (Lipinski definition) is 3. The first-order chi connectivity index (χ1) is 8.66. The van der Waals surface area contributed by atoms with E-state index in [-0.39, 0.29) is 18.4 Å². The van der Waals surface area contributed by atoms with E-state index >= 15 is 0 Å². The zero-order valence-corrected chi connectivity index (χ0v) is 10.2. The second-order valence-electron chi connectivity index (χ2n) is 4.20. The number of nitrogens with one attached hydrogen (secondary N) is 2. The summed E-state index contributed by atoms with van der Waals surface area (Å²) in [6.45, 7) is 1.91. The van der Waals surface area contributed by atoms with Gasteiger partial charge in [0, 0.05) is 17.4 Å². The molecule has 18 heavy (non-hydrogen) atoms. The van der Waals surface area contributed by atoms with Crippen LogP contribution in [0.1, 0.15) is 24.1 Å². The van der Waals surface area contributed by atoms with Crippen LogP contribution in [-0.4, -0.2) is 16.1 Å². The number of hydrogen-bond donors (Lipinski definition) is 3. The maximum atomic E-state index is 11.9. The van der Waals surface area contributed by atoms with Gasteiger partial charge in [-0.25, -0.2) is 0 Å². The lowest BCUT2D eigenvalue weighted by Gasteiger charge is -2.12. The first-order valence-electron chi connectivity index (χ1n) is 5.78. The van der Waals surface area contributed by atoms with Crippen molar-refractivity contribution < 1.29 is 4.79 Å². The summed E-state index contributed by atoms with van der Waals surface area (Å²) >= 11 is 0. The summed E-state index contributed by atoms with van der Waals surface area (Å²) in [7, 11) is 0. The van der Waals surface area contributed by atoms with E-state index in [1.807, 2.05) is 25.1 Å². The number of aromatic amines is 1. The lowest BCUT2D eigenvalue weighted by atomic mass is 10.1. The van der Waals surface area contributed by atoms with Crippen molar-refractivity contribution in [2.24, 2.45) is 0 Å². The largest absolute Gasteiger partial charge is 0.398 e. The van der Waals surface area contributed by atoms with Gasteiger partial charge in [-0.1, -0.05) is 18.2 Å². The summed E-state index contributed by atoms with van der Waals surface area (Å²) in [5, 5.41) is 9.48. The molecule has 1 amide bonds. The monoisotopic (exact) mass is 244 g/mol. The Morgan fingerprint density at radius 2 is 2.28 bits per heavy atom. The fourth-order valence-corrected chi connectivity index (χ4v) is 1.74. The maximum absolute atomic E-state index is 11.9. The SMILES string of the molecule is CC(NC(=O)Cc1ccccc1N)c1cn[nH]c1. The number of H-pyrrole nitrogens is 1. The number of nitrogens with two attached hydrogens (primary N) is 1. The normalized spacial score (nSPS) is 12.1. The minimum absolute atomic E-state index is 0.0541. The molecule has 0 aliphatic rings. The molecule has 1 heterocycles. The molecule has 1 atom stereocenters. The first-order valence-corrected chi connectivity index (χ1v) is 5.78. The smallest absolute Gasteiger partial charge is 0.224 e. The second-order valence-corrected chi connectivity index (χ2v) is 4.20. The van der Waals surface area contributed by atoms with E-state index in [9.17, 15) is 4.79 Å². The van der Waals surface area contributed by atoms with Crippen molar-refractivity contribution in [1.29, 1.82) is 0 Å². The van der Waals surface area contributed by atoms with E-state index in [2.05, 4.69) is 15.5 Å². The van der Waals surface area contributed by atoms with E-state index in [1.165, 1.54) is 0 Å². The van der Waals surface area contributed by atoms with Crippen LogP contribution in [0.25, 0.3) is 0 Å². The van der Waals surface area contributed by atoms with Gasteiger partial charge in [0.2, 0.25) is 5.91 Å². The van der Waals surface area contributed by atoms with Crippen molar-refractivity contribution in [1.82, 2.24) is 15.5 Å². The minimum atomic E-state index is -0.0683. The predicted molar refractivity (Wildman–Crippen MR) is 69.7 cm³/mol. The van der Waals surface area contributed by atoms with Gasteiger partial charge < -0.3 is 11.1 Å². The van der Waals surface area contributed by atoms with Gasteiger partial charge in [0.05, 0.1) is 18.7 Å². The number of rotatable bonds is 4. The van der Waals surface area contributed by atoms with Gasteiger partial charge in [-0.3, -0.25) is 9.89 Å². The highest BCUT2D eigenvalue weighted by molar-refractivity contribution is 5.80. The third-order valence-electron chi connectivity index (χ3n) is 2.80. The Morgan fingerprint density at radius 3 is 2.94 bits per heavy atom. The number of amides is 1. The Balaban J connectivity index is 1.95. The fourth-order valence-electron chi connectivity index (χ4n) is 1.74. The Kier molecular flexibility index (Phi) is 3.62. The number of nitrogen functional groups attached to an aromatic ring is 1. The molecule has 2 aromatic rings. The van der Waals surface area contributed by atoms with Gasteiger partial charge in [-0.2, -0.15) is 5.10 Å². The molecule has 0 saturated carbocycles. The van der Waals surface area contributed by atoms with Gasteiger partial charge in [0.15, 0.2) is 0 Å². The zero-order valence-electron chi connectivity index (χ0n) is 10.2. The molecule has 1 aromatic carbocycles. The van der Waals surface area contributed by atoms with Crippen LogP contribution in [0.4, 0.5) is 5.69 Å². The van der Waals surface area contributed by atoms with Crippen molar-refractivity contribution in [2.75, 3.05) is 5.73 Å². The highest BCUT2D eigenvalue weighted by Crippen LogP contribution is 2.13. The summed E-state index contributed by atoms with van der Waals surface area (Å²) in [4.78, 5) is 11.9. The van der Waals surface area contributed by atoms with E-state index in [4.69, 9.17) is 5.73 Å². The van der Waals surface area contributed by atoms with Gasteiger partial charge in [-0.05, 0) is 18.6 Å². The number of aromatic nitrogens is 2. The number of benzene rings is 1. The van der Waals surface area contributed by atoms with Crippen molar-refractivity contribution in [3.05, 3.63) is 47.8 Å². The maximum Gasteiger partial charge on any atom is 0.224 e. The third kappa shape index (κ3) is 2.88. The van der Waals surface area contributed by atoms with Gasteiger partial charge >= 0.3 is 0 Å². The van der Waals surface area contributed by atoms with Gasteiger partial charge in [-0.15, -0.1) is 0 Å². The van der Waals surface area contributed by atoms with Crippen LogP contribution >= 0.6 is 0 Å². The molecule has 0 spiro atoms. The quantitative estimate of drug-likeness (QED) is 0.711.